The number of hydrogen-bond acceptors (Lipinski definition) is 6. The molecule has 7 nitrogen and oxygen atoms in total. The summed E-state index contributed by atoms with van der Waals surface area (Å²) in [5.41, 5.74) is 11.0. The van der Waals surface area contributed by atoms with E-state index < -0.39 is 11.9 Å². The van der Waals surface area contributed by atoms with Crippen LogP contribution in [0.5, 0.6) is 0 Å². The van der Waals surface area contributed by atoms with Gasteiger partial charge in [0.05, 0.1) is 19.3 Å². The van der Waals surface area contributed by atoms with Crippen LogP contribution in [-0.4, -0.2) is 30.5 Å². The normalized spacial score (nSPS) is 9.56. The number of ether oxygens (including phenoxy) is 1. The van der Waals surface area contributed by atoms with Gasteiger partial charge in [0.2, 0.25) is 5.91 Å². The highest BCUT2D eigenvalue weighted by Crippen LogP contribution is 2.15. The van der Waals surface area contributed by atoms with Crippen LogP contribution in [0.4, 0.5) is 11.5 Å². The maximum atomic E-state index is 11.2. The van der Waals surface area contributed by atoms with Crippen LogP contribution in [0.15, 0.2) is 12.1 Å². The van der Waals surface area contributed by atoms with Crippen molar-refractivity contribution >= 4 is 23.4 Å². The Labute approximate surface area is 91.8 Å². The molecule has 1 aromatic rings. The number of nitrogens with one attached hydrogen (secondary N) is 1. The van der Waals surface area contributed by atoms with Crippen LogP contribution in [0.1, 0.15) is 10.5 Å². The number of pyridine rings is 1. The second kappa shape index (κ2) is 4.96. The van der Waals surface area contributed by atoms with Crippen molar-refractivity contribution in [2.24, 2.45) is 5.73 Å². The minimum Gasteiger partial charge on any atom is -0.464 e. The first kappa shape index (κ1) is 11.8. The topological polar surface area (TPSA) is 120 Å². The highest BCUT2D eigenvalue weighted by atomic mass is 16.5. The number of methoxy groups -OCH3 is 1. The van der Waals surface area contributed by atoms with E-state index >= 15 is 0 Å². The van der Waals surface area contributed by atoms with E-state index in [1.807, 2.05) is 0 Å². The van der Waals surface area contributed by atoms with E-state index in [9.17, 15) is 9.59 Å². The van der Waals surface area contributed by atoms with Gasteiger partial charge in [-0.05, 0) is 12.1 Å². The number of hydrogen-bond donors (Lipinski definition) is 3. The molecule has 5 N–H and O–H groups in total. The van der Waals surface area contributed by atoms with Gasteiger partial charge in [-0.15, -0.1) is 0 Å². The Morgan fingerprint density at radius 3 is 2.75 bits per heavy atom. The predicted octanol–water partition coefficient (Wildman–Crippen LogP) is -0.652. The van der Waals surface area contributed by atoms with Crippen molar-refractivity contribution in [2.75, 3.05) is 24.7 Å². The zero-order chi connectivity index (χ0) is 12.1. The van der Waals surface area contributed by atoms with Gasteiger partial charge in [0.25, 0.3) is 0 Å². The lowest BCUT2D eigenvalue weighted by Crippen LogP contribution is -2.23. The molecule has 86 valence electrons. The van der Waals surface area contributed by atoms with Crippen LogP contribution in [0.2, 0.25) is 0 Å². The first-order chi connectivity index (χ1) is 7.54. The van der Waals surface area contributed by atoms with Crippen molar-refractivity contribution in [3.63, 3.8) is 0 Å². The van der Waals surface area contributed by atoms with Gasteiger partial charge < -0.3 is 21.5 Å². The number of amides is 1. The maximum absolute atomic E-state index is 11.2. The summed E-state index contributed by atoms with van der Waals surface area (Å²) in [6, 6.07) is 2.92. The number of rotatable bonds is 4. The number of nitrogens with two attached hydrogens (primary N) is 2. The van der Waals surface area contributed by atoms with Crippen LogP contribution >= 0.6 is 0 Å². The van der Waals surface area contributed by atoms with Crippen LogP contribution in [0, 0.1) is 0 Å². The van der Waals surface area contributed by atoms with E-state index in [1.165, 1.54) is 19.2 Å². The third-order valence-corrected chi connectivity index (χ3v) is 1.75. The largest absolute Gasteiger partial charge is 0.464 e. The van der Waals surface area contributed by atoms with Gasteiger partial charge in [0.1, 0.15) is 0 Å². The van der Waals surface area contributed by atoms with Crippen LogP contribution in [0.25, 0.3) is 0 Å². The van der Waals surface area contributed by atoms with Crippen LogP contribution in [-0.2, 0) is 9.53 Å². The monoisotopic (exact) mass is 224 g/mol. The summed E-state index contributed by atoms with van der Waals surface area (Å²) in [7, 11) is 1.25. The lowest BCUT2D eigenvalue weighted by Gasteiger charge is -2.07. The van der Waals surface area contributed by atoms with Crippen molar-refractivity contribution in [1.82, 2.24) is 4.98 Å². The summed E-state index contributed by atoms with van der Waals surface area (Å²) in [5, 5.41) is 2.61. The van der Waals surface area contributed by atoms with E-state index in [0.29, 0.717) is 5.69 Å². The summed E-state index contributed by atoms with van der Waals surface area (Å²) in [6.07, 6.45) is 0. The first-order valence-electron chi connectivity index (χ1n) is 4.41. The van der Waals surface area contributed by atoms with Gasteiger partial charge in [-0.1, -0.05) is 0 Å². The number of anilines is 2. The number of nitrogen functional groups attached to an aromatic ring is 1. The molecule has 0 bridgehead atoms. The Bertz CT molecular complexity index is 419. The zero-order valence-electron chi connectivity index (χ0n) is 8.69. The number of aromatic nitrogens is 1. The molecule has 7 heteroatoms. The number of carbonyl (C=O) groups is 2. The molecule has 1 amide bonds. The van der Waals surface area contributed by atoms with E-state index in [2.05, 4.69) is 15.0 Å². The van der Waals surface area contributed by atoms with E-state index in [1.54, 1.807) is 0 Å². The van der Waals surface area contributed by atoms with Gasteiger partial charge in [-0.3, -0.25) is 4.79 Å². The quantitative estimate of drug-likeness (QED) is 0.584. The molecule has 0 spiro atoms. The molecule has 0 unspecified atom stereocenters. The fourth-order valence-electron chi connectivity index (χ4n) is 1.00. The molecular weight excluding hydrogens is 212 g/mol. The first-order valence-corrected chi connectivity index (χ1v) is 4.41. The minimum atomic E-state index is -0.581. The fraction of sp³-hybridized carbons (Fsp3) is 0.222. The van der Waals surface area contributed by atoms with E-state index in [-0.39, 0.29) is 18.1 Å². The SMILES string of the molecule is COC(=O)c1ccc(N)c(NCC(N)=O)n1. The number of primary amides is 1. The van der Waals surface area contributed by atoms with Crippen molar-refractivity contribution in [3.8, 4) is 0 Å². The molecule has 1 heterocycles. The molecule has 0 radical (unpaired) electrons. The van der Waals surface area contributed by atoms with Crippen molar-refractivity contribution in [1.29, 1.82) is 0 Å². The summed E-state index contributed by atoms with van der Waals surface area (Å²) in [4.78, 5) is 25.6. The highest BCUT2D eigenvalue weighted by molar-refractivity contribution is 5.88. The molecule has 0 aliphatic carbocycles. The van der Waals surface area contributed by atoms with E-state index in [4.69, 9.17) is 11.5 Å². The fourth-order valence-corrected chi connectivity index (χ4v) is 1.00. The highest BCUT2D eigenvalue weighted by Gasteiger charge is 2.10. The summed E-state index contributed by atoms with van der Waals surface area (Å²) in [5.74, 6) is -0.909. The van der Waals surface area contributed by atoms with Crippen LogP contribution in [0.3, 0.4) is 0 Å². The Hall–Kier alpha value is -2.31. The maximum Gasteiger partial charge on any atom is 0.356 e. The second-order valence-corrected chi connectivity index (χ2v) is 2.95. The summed E-state index contributed by atoms with van der Waals surface area (Å²) >= 11 is 0. The van der Waals surface area contributed by atoms with Gasteiger partial charge >= 0.3 is 5.97 Å². The van der Waals surface area contributed by atoms with Gasteiger partial charge in [-0.2, -0.15) is 0 Å². The Balaban J connectivity index is 2.90. The third kappa shape index (κ3) is 2.84. The average molecular weight is 224 g/mol. The summed E-state index contributed by atoms with van der Waals surface area (Å²) < 4.78 is 4.50. The molecule has 0 aliphatic rings. The molecular formula is C9H12N4O3. The molecule has 0 saturated heterocycles. The Morgan fingerprint density at radius 2 is 2.19 bits per heavy atom. The van der Waals surface area contributed by atoms with Crippen molar-refractivity contribution < 1.29 is 14.3 Å². The molecule has 16 heavy (non-hydrogen) atoms. The molecule has 0 atom stereocenters. The average Bonchev–Trinajstić information content (AvgIpc) is 2.26. The Kier molecular flexibility index (Phi) is 3.65. The van der Waals surface area contributed by atoms with Gasteiger partial charge in [0.15, 0.2) is 11.5 Å². The number of carbonyl (C=O) groups excluding carboxylic acids is 2. The third-order valence-electron chi connectivity index (χ3n) is 1.75. The lowest BCUT2D eigenvalue weighted by atomic mass is 10.3. The van der Waals surface area contributed by atoms with Crippen molar-refractivity contribution in [3.05, 3.63) is 17.8 Å². The number of esters is 1. The number of nitrogens with zero attached hydrogens (tertiary/aromatic N) is 1. The molecule has 1 rings (SSSR count). The van der Waals surface area contributed by atoms with Crippen LogP contribution < -0.4 is 16.8 Å². The minimum absolute atomic E-state index is 0.101. The molecule has 0 saturated carbocycles. The lowest BCUT2D eigenvalue weighted by molar-refractivity contribution is -0.116. The molecule has 1 aromatic heterocycles. The molecule has 0 fully saturated rings. The predicted molar refractivity (Wildman–Crippen MR) is 57.7 cm³/mol. The molecule has 0 aliphatic heterocycles. The second-order valence-electron chi connectivity index (χ2n) is 2.95. The Morgan fingerprint density at radius 1 is 1.50 bits per heavy atom. The van der Waals surface area contributed by atoms with E-state index in [0.717, 1.165) is 0 Å². The van der Waals surface area contributed by atoms with Gasteiger partial charge in [0, 0.05) is 0 Å². The standard InChI is InChI=1S/C9H12N4O3/c1-16-9(15)6-3-2-5(10)8(13-6)12-4-7(11)14/h2-3H,4,10H2,1H3,(H2,11,14)(H,12,13). The van der Waals surface area contributed by atoms with Crippen molar-refractivity contribution in [2.45, 2.75) is 0 Å². The smallest absolute Gasteiger partial charge is 0.356 e. The zero-order valence-corrected chi connectivity index (χ0v) is 8.69. The van der Waals surface area contributed by atoms with Gasteiger partial charge in [-0.25, -0.2) is 9.78 Å². The summed E-state index contributed by atoms with van der Waals surface area (Å²) in [6.45, 7) is -0.109. The molecule has 0 aromatic carbocycles.